The first kappa shape index (κ1) is 24.7. The second-order valence-electron chi connectivity index (χ2n) is 12.6. The van der Waals surface area contributed by atoms with Crippen LogP contribution in [0.1, 0.15) is 92.9 Å². The summed E-state index contributed by atoms with van der Waals surface area (Å²) in [5.41, 5.74) is 2.60. The van der Waals surface area contributed by atoms with Gasteiger partial charge in [-0.1, -0.05) is 46.1 Å². The highest BCUT2D eigenvalue weighted by Crippen LogP contribution is 2.63. The van der Waals surface area contributed by atoms with E-state index in [-0.39, 0.29) is 28.8 Å². The number of hydrogen-bond acceptors (Lipinski definition) is 5. The van der Waals surface area contributed by atoms with Gasteiger partial charge in [-0.3, -0.25) is 9.59 Å². The summed E-state index contributed by atoms with van der Waals surface area (Å²) in [4.78, 5) is 40.5. The smallest absolute Gasteiger partial charge is 0.336 e. The molecule has 0 amide bonds. The van der Waals surface area contributed by atoms with Crippen molar-refractivity contribution in [3.63, 3.8) is 0 Å². The molecule has 0 aromatic rings. The average Bonchev–Trinajstić information content (AvgIpc) is 3.01. The minimum Gasteiger partial charge on any atom is -0.426 e. The molecule has 5 aliphatic rings. The zero-order chi connectivity index (χ0) is 25.5. The highest BCUT2D eigenvalue weighted by molar-refractivity contribution is 6.13. The summed E-state index contributed by atoms with van der Waals surface area (Å²) in [6, 6.07) is 0. The van der Waals surface area contributed by atoms with Gasteiger partial charge in [-0.05, 0) is 86.2 Å². The van der Waals surface area contributed by atoms with Crippen molar-refractivity contribution in [1.29, 1.82) is 0 Å². The Hall–Kier alpha value is -2.01. The lowest BCUT2D eigenvalue weighted by molar-refractivity contribution is -0.213. The average molecular weight is 481 g/mol. The van der Waals surface area contributed by atoms with E-state index in [1.807, 2.05) is 0 Å². The van der Waals surface area contributed by atoms with Crippen LogP contribution in [0, 0.1) is 34.5 Å². The topological polar surface area (TPSA) is 80.7 Å². The zero-order valence-electron chi connectivity index (χ0n) is 22.1. The molecule has 0 radical (unpaired) electrons. The van der Waals surface area contributed by atoms with Gasteiger partial charge in [-0.25, -0.2) is 4.79 Å². The van der Waals surface area contributed by atoms with E-state index >= 15 is 0 Å². The Kier molecular flexibility index (Phi) is 5.64. The fourth-order valence-corrected chi connectivity index (χ4v) is 8.30. The number of aliphatic hydroxyl groups is 1. The number of fused-ring (bicyclic) bond motifs is 3. The Morgan fingerprint density at radius 3 is 2.49 bits per heavy atom. The maximum absolute atomic E-state index is 14.5. The SMILES string of the molecule is CC(C(=O)C1C2=C(C)C(=O)OC2(O)CC2CCCC(C)C21C)=C1CC2(C)C(=CC1=O)CCCC2C. The van der Waals surface area contributed by atoms with Gasteiger partial charge in [-0.2, -0.15) is 0 Å². The lowest BCUT2D eigenvalue weighted by Crippen LogP contribution is -2.57. The van der Waals surface area contributed by atoms with Crippen molar-refractivity contribution in [2.24, 2.45) is 34.5 Å². The number of carbonyl (C=O) groups is 3. The Bertz CT molecular complexity index is 1110. The molecule has 5 rings (SSSR count). The van der Waals surface area contributed by atoms with Crippen LogP contribution < -0.4 is 0 Å². The van der Waals surface area contributed by atoms with E-state index in [0.29, 0.717) is 41.1 Å². The first-order chi connectivity index (χ1) is 16.3. The third-order valence-electron chi connectivity index (χ3n) is 11.1. The molecule has 3 saturated carbocycles. The van der Waals surface area contributed by atoms with Crippen LogP contribution in [0.5, 0.6) is 0 Å². The number of rotatable bonds is 2. The standard InChI is InChI=1S/C30H40O5/c1-16-9-7-11-20-13-23(31)22(15-28(16,20)5)18(3)26(32)25-24-19(4)27(33)35-30(24,34)14-21-12-8-10-17(2)29(21,25)6/h13,16-17,21,25,34H,7-12,14-15H2,1-6H3. The molecule has 0 aromatic carbocycles. The number of esters is 1. The van der Waals surface area contributed by atoms with E-state index in [4.69, 9.17) is 4.74 Å². The van der Waals surface area contributed by atoms with E-state index in [2.05, 4.69) is 27.7 Å². The molecule has 3 fully saturated rings. The normalized spacial score (nSPS) is 44.7. The fraction of sp³-hybridized carbons (Fsp3) is 0.700. The highest BCUT2D eigenvalue weighted by Gasteiger charge is 2.64. The Morgan fingerprint density at radius 1 is 1.09 bits per heavy atom. The second kappa shape index (κ2) is 7.99. The zero-order valence-corrected chi connectivity index (χ0v) is 22.1. The molecule has 0 aromatic heterocycles. The van der Waals surface area contributed by atoms with Crippen molar-refractivity contribution >= 4 is 17.5 Å². The largest absolute Gasteiger partial charge is 0.426 e. The molecule has 1 aliphatic heterocycles. The van der Waals surface area contributed by atoms with E-state index in [0.717, 1.165) is 38.5 Å². The molecular weight excluding hydrogens is 440 g/mol. The van der Waals surface area contributed by atoms with E-state index in [9.17, 15) is 19.5 Å². The summed E-state index contributed by atoms with van der Waals surface area (Å²) >= 11 is 0. The molecule has 1 heterocycles. The van der Waals surface area contributed by atoms with Crippen LogP contribution in [0.25, 0.3) is 0 Å². The quantitative estimate of drug-likeness (QED) is 0.410. The number of Topliss-reactive ketones (excluding diaryl/α,β-unsaturated/α-hetero) is 1. The number of ketones is 2. The first-order valence-electron chi connectivity index (χ1n) is 13.5. The monoisotopic (exact) mass is 480 g/mol. The van der Waals surface area contributed by atoms with Gasteiger partial charge < -0.3 is 9.84 Å². The molecule has 0 spiro atoms. The van der Waals surface area contributed by atoms with Crippen LogP contribution in [0.2, 0.25) is 0 Å². The van der Waals surface area contributed by atoms with Crippen molar-refractivity contribution < 1.29 is 24.2 Å². The van der Waals surface area contributed by atoms with Crippen molar-refractivity contribution in [1.82, 2.24) is 0 Å². The Morgan fingerprint density at radius 2 is 1.77 bits per heavy atom. The molecule has 5 heteroatoms. The number of hydrogen-bond donors (Lipinski definition) is 1. The van der Waals surface area contributed by atoms with Gasteiger partial charge in [0.1, 0.15) is 0 Å². The first-order valence-corrected chi connectivity index (χ1v) is 13.5. The molecule has 190 valence electrons. The summed E-state index contributed by atoms with van der Waals surface area (Å²) in [6.45, 7) is 12.3. The minimum absolute atomic E-state index is 0.0497. The van der Waals surface area contributed by atoms with Crippen molar-refractivity contribution in [3.05, 3.63) is 33.9 Å². The molecule has 7 atom stereocenters. The van der Waals surface area contributed by atoms with Crippen molar-refractivity contribution in [2.45, 2.75) is 98.7 Å². The minimum atomic E-state index is -1.72. The number of allylic oxidation sites excluding steroid dienone is 4. The van der Waals surface area contributed by atoms with Gasteiger partial charge in [0.05, 0.1) is 5.92 Å². The molecule has 35 heavy (non-hydrogen) atoms. The molecule has 5 nitrogen and oxygen atoms in total. The van der Waals surface area contributed by atoms with Gasteiger partial charge in [0, 0.05) is 23.1 Å². The van der Waals surface area contributed by atoms with Gasteiger partial charge in [0.15, 0.2) is 11.6 Å². The van der Waals surface area contributed by atoms with Crippen LogP contribution in [0.15, 0.2) is 33.9 Å². The van der Waals surface area contributed by atoms with Gasteiger partial charge in [0.25, 0.3) is 0 Å². The highest BCUT2D eigenvalue weighted by atomic mass is 16.7. The molecule has 7 unspecified atom stereocenters. The molecule has 4 aliphatic carbocycles. The summed E-state index contributed by atoms with van der Waals surface area (Å²) in [7, 11) is 0. The Balaban J connectivity index is 1.64. The van der Waals surface area contributed by atoms with Crippen molar-refractivity contribution in [2.75, 3.05) is 0 Å². The second-order valence-corrected chi connectivity index (χ2v) is 12.6. The molecule has 1 N–H and O–H groups in total. The van der Waals surface area contributed by atoms with Crippen LogP contribution in [-0.2, 0) is 19.1 Å². The summed E-state index contributed by atoms with van der Waals surface area (Å²) in [5.74, 6) is -2.34. The Labute approximate surface area is 209 Å². The van der Waals surface area contributed by atoms with E-state index < -0.39 is 23.1 Å². The summed E-state index contributed by atoms with van der Waals surface area (Å²) in [5, 5.41) is 11.5. The fourth-order valence-electron chi connectivity index (χ4n) is 8.30. The maximum atomic E-state index is 14.5. The van der Waals surface area contributed by atoms with Gasteiger partial charge in [0.2, 0.25) is 5.79 Å². The summed E-state index contributed by atoms with van der Waals surface area (Å²) in [6.07, 6.45) is 8.83. The molecule has 0 saturated heterocycles. The van der Waals surface area contributed by atoms with Crippen LogP contribution in [0.4, 0.5) is 0 Å². The van der Waals surface area contributed by atoms with Crippen molar-refractivity contribution in [3.8, 4) is 0 Å². The van der Waals surface area contributed by atoms with Crippen LogP contribution >= 0.6 is 0 Å². The number of ether oxygens (including phenoxy) is 1. The van der Waals surface area contributed by atoms with Gasteiger partial charge in [-0.15, -0.1) is 0 Å². The number of carbonyl (C=O) groups excluding carboxylic acids is 3. The predicted octanol–water partition coefficient (Wildman–Crippen LogP) is 5.62. The summed E-state index contributed by atoms with van der Waals surface area (Å²) < 4.78 is 5.52. The van der Waals surface area contributed by atoms with Crippen LogP contribution in [0.3, 0.4) is 0 Å². The maximum Gasteiger partial charge on any atom is 0.336 e. The van der Waals surface area contributed by atoms with Crippen LogP contribution in [-0.4, -0.2) is 28.4 Å². The predicted molar refractivity (Wildman–Crippen MR) is 133 cm³/mol. The third-order valence-corrected chi connectivity index (χ3v) is 11.1. The van der Waals surface area contributed by atoms with E-state index in [1.54, 1.807) is 19.9 Å². The lowest BCUT2D eigenvalue weighted by Gasteiger charge is -2.57. The molecular formula is C30H40O5. The lowest BCUT2D eigenvalue weighted by atomic mass is 9.47. The van der Waals surface area contributed by atoms with E-state index in [1.165, 1.54) is 5.57 Å². The van der Waals surface area contributed by atoms with Gasteiger partial charge >= 0.3 is 5.97 Å². The molecule has 0 bridgehead atoms. The third kappa shape index (κ3) is 3.33.